The van der Waals surface area contributed by atoms with Crippen LogP contribution in [0.5, 0.6) is 0 Å². The zero-order valence-electron chi connectivity index (χ0n) is 12.2. The van der Waals surface area contributed by atoms with E-state index in [9.17, 15) is 0 Å². The van der Waals surface area contributed by atoms with E-state index in [1.807, 2.05) is 11.0 Å². The van der Waals surface area contributed by atoms with Crippen molar-refractivity contribution in [2.45, 2.75) is 66.0 Å². The molecule has 1 unspecified atom stereocenters. The Morgan fingerprint density at radius 3 is 2.78 bits per heavy atom. The lowest BCUT2D eigenvalue weighted by Gasteiger charge is -2.13. The van der Waals surface area contributed by atoms with Gasteiger partial charge in [-0.1, -0.05) is 40.0 Å². The van der Waals surface area contributed by atoms with Crippen molar-refractivity contribution < 1.29 is 0 Å². The van der Waals surface area contributed by atoms with Gasteiger partial charge in [0.2, 0.25) is 0 Å². The van der Waals surface area contributed by atoms with Crippen LogP contribution in [0.25, 0.3) is 0 Å². The monoisotopic (exact) mass is 252 g/mol. The fourth-order valence-corrected chi connectivity index (χ4v) is 2.06. The number of rotatable bonds is 10. The van der Waals surface area contributed by atoms with Gasteiger partial charge >= 0.3 is 0 Å². The van der Waals surface area contributed by atoms with Crippen LogP contribution in [-0.4, -0.2) is 21.3 Å². The number of nitrogens with zero attached hydrogens (tertiary/aromatic N) is 3. The van der Waals surface area contributed by atoms with Crippen LogP contribution in [-0.2, 0) is 13.1 Å². The smallest absolute Gasteiger partial charge is 0.164 e. The molecule has 0 amide bonds. The standard InChI is InChI=1S/C14H28N4/c1-4-7-8-13(6-3)11-18-12-16-14(17-18)10-15-9-5-2/h12-13,15H,4-11H2,1-3H3. The molecule has 4 nitrogen and oxygen atoms in total. The van der Waals surface area contributed by atoms with Crippen molar-refractivity contribution >= 4 is 0 Å². The molecule has 18 heavy (non-hydrogen) atoms. The van der Waals surface area contributed by atoms with E-state index in [4.69, 9.17) is 0 Å². The molecule has 4 heteroatoms. The second-order valence-electron chi connectivity index (χ2n) is 4.98. The Kier molecular flexibility index (Phi) is 7.65. The van der Waals surface area contributed by atoms with Gasteiger partial charge in [0.1, 0.15) is 6.33 Å². The van der Waals surface area contributed by atoms with E-state index in [-0.39, 0.29) is 0 Å². The normalized spacial score (nSPS) is 12.8. The van der Waals surface area contributed by atoms with Crippen LogP contribution in [0.1, 0.15) is 58.7 Å². The highest BCUT2D eigenvalue weighted by Gasteiger charge is 2.08. The summed E-state index contributed by atoms with van der Waals surface area (Å²) in [4.78, 5) is 4.34. The molecule has 104 valence electrons. The molecule has 0 saturated carbocycles. The van der Waals surface area contributed by atoms with Crippen LogP contribution in [0.4, 0.5) is 0 Å². The molecule has 0 aliphatic carbocycles. The highest BCUT2D eigenvalue weighted by Crippen LogP contribution is 2.14. The minimum absolute atomic E-state index is 0.739. The average molecular weight is 252 g/mol. The van der Waals surface area contributed by atoms with Crippen molar-refractivity contribution in [1.82, 2.24) is 20.1 Å². The molecule has 0 aromatic carbocycles. The Bertz CT molecular complexity index is 308. The van der Waals surface area contributed by atoms with E-state index in [2.05, 4.69) is 36.2 Å². The maximum Gasteiger partial charge on any atom is 0.164 e. The molecule has 1 atom stereocenters. The first kappa shape index (κ1) is 15.2. The van der Waals surface area contributed by atoms with Gasteiger partial charge in [0.15, 0.2) is 5.82 Å². The van der Waals surface area contributed by atoms with E-state index >= 15 is 0 Å². The number of nitrogens with one attached hydrogen (secondary N) is 1. The van der Waals surface area contributed by atoms with Gasteiger partial charge in [-0.15, -0.1) is 0 Å². The van der Waals surface area contributed by atoms with E-state index in [1.54, 1.807) is 0 Å². The predicted molar refractivity (Wildman–Crippen MR) is 75.3 cm³/mol. The summed E-state index contributed by atoms with van der Waals surface area (Å²) in [5.74, 6) is 1.65. The molecule has 1 aromatic heterocycles. The Balaban J connectivity index is 2.36. The van der Waals surface area contributed by atoms with E-state index in [0.717, 1.165) is 37.8 Å². The minimum Gasteiger partial charge on any atom is -0.310 e. The maximum absolute atomic E-state index is 4.52. The zero-order chi connectivity index (χ0) is 13.2. The third-order valence-corrected chi connectivity index (χ3v) is 3.28. The van der Waals surface area contributed by atoms with Gasteiger partial charge < -0.3 is 5.32 Å². The van der Waals surface area contributed by atoms with Crippen LogP contribution < -0.4 is 5.32 Å². The van der Waals surface area contributed by atoms with Gasteiger partial charge in [0, 0.05) is 6.54 Å². The highest BCUT2D eigenvalue weighted by atomic mass is 15.3. The third kappa shape index (κ3) is 5.63. The summed E-state index contributed by atoms with van der Waals surface area (Å²) < 4.78 is 2.01. The average Bonchev–Trinajstić information content (AvgIpc) is 2.82. The first-order chi connectivity index (χ1) is 8.80. The quantitative estimate of drug-likeness (QED) is 0.651. The van der Waals surface area contributed by atoms with E-state index < -0.39 is 0 Å². The van der Waals surface area contributed by atoms with Crippen LogP contribution in [0.3, 0.4) is 0 Å². The fraction of sp³-hybridized carbons (Fsp3) is 0.857. The zero-order valence-corrected chi connectivity index (χ0v) is 12.2. The van der Waals surface area contributed by atoms with Gasteiger partial charge in [-0.2, -0.15) is 5.10 Å². The molecule has 1 rings (SSSR count). The molecule has 1 N–H and O–H groups in total. The summed E-state index contributed by atoms with van der Waals surface area (Å²) >= 11 is 0. The lowest BCUT2D eigenvalue weighted by molar-refractivity contribution is 0.370. The first-order valence-electron chi connectivity index (χ1n) is 7.39. The SMILES string of the molecule is CCCCC(CC)Cn1cnc(CNCCC)n1. The van der Waals surface area contributed by atoms with Crippen molar-refractivity contribution in [3.8, 4) is 0 Å². The summed E-state index contributed by atoms with van der Waals surface area (Å²) in [7, 11) is 0. The summed E-state index contributed by atoms with van der Waals surface area (Å²) in [6.45, 7) is 9.51. The number of hydrogen-bond acceptors (Lipinski definition) is 3. The molecule has 0 saturated heterocycles. The highest BCUT2D eigenvalue weighted by molar-refractivity contribution is 4.81. The first-order valence-corrected chi connectivity index (χ1v) is 7.39. The van der Waals surface area contributed by atoms with Gasteiger partial charge in [-0.3, -0.25) is 4.68 Å². The summed E-state index contributed by atoms with van der Waals surface area (Å²) in [5.41, 5.74) is 0. The number of unbranched alkanes of at least 4 members (excludes halogenated alkanes) is 1. The lowest BCUT2D eigenvalue weighted by Crippen LogP contribution is -2.16. The molecular weight excluding hydrogens is 224 g/mol. The molecule has 0 bridgehead atoms. The maximum atomic E-state index is 4.52. The van der Waals surface area contributed by atoms with Gasteiger partial charge in [-0.25, -0.2) is 4.98 Å². The van der Waals surface area contributed by atoms with Crippen LogP contribution in [0.15, 0.2) is 6.33 Å². The molecule has 0 aliphatic heterocycles. The summed E-state index contributed by atoms with van der Waals surface area (Å²) in [5, 5.41) is 7.85. The van der Waals surface area contributed by atoms with Crippen molar-refractivity contribution in [2.24, 2.45) is 5.92 Å². The van der Waals surface area contributed by atoms with Gasteiger partial charge in [0.05, 0.1) is 6.54 Å². The van der Waals surface area contributed by atoms with Crippen LogP contribution in [0, 0.1) is 5.92 Å². The second-order valence-corrected chi connectivity index (χ2v) is 4.98. The molecule has 1 heterocycles. The van der Waals surface area contributed by atoms with Gasteiger partial charge in [-0.05, 0) is 25.3 Å². The lowest BCUT2D eigenvalue weighted by atomic mass is 10.00. The topological polar surface area (TPSA) is 42.7 Å². The summed E-state index contributed by atoms with van der Waals surface area (Å²) in [6.07, 6.45) is 8.14. The number of hydrogen-bond donors (Lipinski definition) is 1. The van der Waals surface area contributed by atoms with Crippen molar-refractivity contribution in [3.63, 3.8) is 0 Å². The Morgan fingerprint density at radius 1 is 1.28 bits per heavy atom. The molecule has 0 aliphatic rings. The van der Waals surface area contributed by atoms with Crippen LogP contribution in [0.2, 0.25) is 0 Å². The molecular formula is C14H28N4. The summed E-state index contributed by atoms with van der Waals surface area (Å²) in [6, 6.07) is 0. The van der Waals surface area contributed by atoms with Crippen molar-refractivity contribution in [3.05, 3.63) is 12.2 Å². The van der Waals surface area contributed by atoms with E-state index in [1.165, 1.54) is 25.7 Å². The number of aromatic nitrogens is 3. The Morgan fingerprint density at radius 2 is 2.11 bits per heavy atom. The fourth-order valence-electron chi connectivity index (χ4n) is 2.06. The van der Waals surface area contributed by atoms with Gasteiger partial charge in [0.25, 0.3) is 0 Å². The molecule has 1 aromatic rings. The van der Waals surface area contributed by atoms with Crippen LogP contribution >= 0.6 is 0 Å². The van der Waals surface area contributed by atoms with Crippen molar-refractivity contribution in [2.75, 3.05) is 6.54 Å². The second kappa shape index (κ2) is 9.09. The van der Waals surface area contributed by atoms with E-state index in [0.29, 0.717) is 0 Å². The minimum atomic E-state index is 0.739. The third-order valence-electron chi connectivity index (χ3n) is 3.28. The van der Waals surface area contributed by atoms with Crippen molar-refractivity contribution in [1.29, 1.82) is 0 Å². The largest absolute Gasteiger partial charge is 0.310 e. The molecule has 0 fully saturated rings. The molecule has 0 spiro atoms. The Hall–Kier alpha value is -0.900. The molecule has 0 radical (unpaired) electrons. The Labute approximate surface area is 111 Å². The predicted octanol–water partition coefficient (Wildman–Crippen LogP) is 2.99.